The number of anilines is 1. The molecule has 9 heteroatoms. The molecule has 1 saturated heterocycles. The van der Waals surface area contributed by atoms with Crippen molar-refractivity contribution in [2.24, 2.45) is 5.92 Å². The smallest absolute Gasteiger partial charge is 0.243 e. The lowest BCUT2D eigenvalue weighted by Crippen LogP contribution is -2.44. The first-order chi connectivity index (χ1) is 15.3. The first kappa shape index (κ1) is 23.7. The van der Waals surface area contributed by atoms with Gasteiger partial charge >= 0.3 is 0 Å². The molecule has 2 amide bonds. The Labute approximate surface area is 189 Å². The fraction of sp³-hybridized carbons (Fsp3) is 0.391. The third kappa shape index (κ3) is 6.08. The predicted octanol–water partition coefficient (Wildman–Crippen LogP) is 2.55. The zero-order valence-corrected chi connectivity index (χ0v) is 19.2. The second-order valence-electron chi connectivity index (χ2n) is 7.71. The van der Waals surface area contributed by atoms with Gasteiger partial charge in [-0.05, 0) is 63.1 Å². The fourth-order valence-electron chi connectivity index (χ4n) is 3.54. The van der Waals surface area contributed by atoms with Crippen LogP contribution in [-0.4, -0.2) is 50.8 Å². The Morgan fingerprint density at radius 2 is 1.66 bits per heavy atom. The van der Waals surface area contributed by atoms with Gasteiger partial charge < -0.3 is 15.4 Å². The number of sulfonamides is 1. The molecule has 1 aliphatic rings. The number of aryl methyl sites for hydroxylation is 1. The van der Waals surface area contributed by atoms with Crippen LogP contribution in [0.3, 0.4) is 0 Å². The summed E-state index contributed by atoms with van der Waals surface area (Å²) in [5, 5.41) is 5.37. The Morgan fingerprint density at radius 1 is 1.03 bits per heavy atom. The summed E-state index contributed by atoms with van der Waals surface area (Å²) in [6.45, 7) is 4.76. The predicted molar refractivity (Wildman–Crippen MR) is 122 cm³/mol. The summed E-state index contributed by atoms with van der Waals surface area (Å²) in [6, 6.07) is 13.7. The maximum absolute atomic E-state index is 12.8. The van der Waals surface area contributed by atoms with Gasteiger partial charge in [-0.1, -0.05) is 17.7 Å². The summed E-state index contributed by atoms with van der Waals surface area (Å²) < 4.78 is 32.3. The number of carbonyl (C=O) groups is 2. The summed E-state index contributed by atoms with van der Waals surface area (Å²) in [4.78, 5) is 24.9. The van der Waals surface area contributed by atoms with Gasteiger partial charge in [0.25, 0.3) is 0 Å². The van der Waals surface area contributed by atoms with Crippen molar-refractivity contribution in [2.75, 3.05) is 31.6 Å². The molecule has 1 fully saturated rings. The van der Waals surface area contributed by atoms with Gasteiger partial charge in [0.2, 0.25) is 21.8 Å². The summed E-state index contributed by atoms with van der Waals surface area (Å²) in [5.41, 5.74) is 1.60. The number of amides is 2. The summed E-state index contributed by atoms with van der Waals surface area (Å²) >= 11 is 0. The SMILES string of the molecule is CCOc1ccc(NC(=O)CNC(=O)C2CCN(S(=O)(=O)c3ccc(C)cc3)CC2)cc1. The topological polar surface area (TPSA) is 105 Å². The van der Waals surface area contributed by atoms with Crippen LogP contribution in [0.2, 0.25) is 0 Å². The number of benzene rings is 2. The molecule has 0 spiro atoms. The summed E-state index contributed by atoms with van der Waals surface area (Å²) in [7, 11) is -3.57. The standard InChI is InChI=1S/C23H29N3O5S/c1-3-31-20-8-6-19(7-9-20)25-22(27)16-24-23(28)18-12-14-26(15-13-18)32(29,30)21-10-4-17(2)5-11-21/h4-11,18H,3,12-16H2,1-2H3,(H,24,28)(H,25,27). The number of ether oxygens (including phenoxy) is 1. The normalized spacial score (nSPS) is 15.2. The Bertz CT molecular complexity index is 1030. The summed E-state index contributed by atoms with van der Waals surface area (Å²) in [5.74, 6) is -0.173. The van der Waals surface area contributed by atoms with E-state index in [1.165, 1.54) is 4.31 Å². The molecule has 2 aromatic rings. The highest BCUT2D eigenvalue weighted by atomic mass is 32.2. The highest BCUT2D eigenvalue weighted by Crippen LogP contribution is 2.24. The first-order valence-corrected chi connectivity index (χ1v) is 12.1. The van der Waals surface area contributed by atoms with Crippen molar-refractivity contribution in [1.29, 1.82) is 0 Å². The van der Waals surface area contributed by atoms with Crippen molar-refractivity contribution in [1.82, 2.24) is 9.62 Å². The first-order valence-electron chi connectivity index (χ1n) is 10.7. The molecule has 0 bridgehead atoms. The third-order valence-corrected chi connectivity index (χ3v) is 7.27. The number of piperidine rings is 1. The van der Waals surface area contributed by atoms with Gasteiger partial charge in [0, 0.05) is 24.7 Å². The van der Waals surface area contributed by atoms with Crippen LogP contribution < -0.4 is 15.4 Å². The number of nitrogens with zero attached hydrogens (tertiary/aromatic N) is 1. The average Bonchev–Trinajstić information content (AvgIpc) is 2.79. The van der Waals surface area contributed by atoms with Crippen LogP contribution in [0.5, 0.6) is 5.75 Å². The van der Waals surface area contributed by atoms with Crippen molar-refractivity contribution < 1.29 is 22.7 Å². The highest BCUT2D eigenvalue weighted by molar-refractivity contribution is 7.89. The zero-order chi connectivity index (χ0) is 23.1. The van der Waals surface area contributed by atoms with Crippen LogP contribution in [0.15, 0.2) is 53.4 Å². The van der Waals surface area contributed by atoms with Crippen molar-refractivity contribution in [3.63, 3.8) is 0 Å². The maximum Gasteiger partial charge on any atom is 0.243 e. The van der Waals surface area contributed by atoms with Gasteiger partial charge in [0.15, 0.2) is 0 Å². The number of carbonyl (C=O) groups excluding carboxylic acids is 2. The molecular weight excluding hydrogens is 430 g/mol. The molecule has 0 atom stereocenters. The Morgan fingerprint density at radius 3 is 2.25 bits per heavy atom. The van der Waals surface area contributed by atoms with Gasteiger partial charge in [0.1, 0.15) is 5.75 Å². The molecule has 172 valence electrons. The second-order valence-corrected chi connectivity index (χ2v) is 9.65. The van der Waals surface area contributed by atoms with E-state index in [1.54, 1.807) is 48.5 Å². The minimum Gasteiger partial charge on any atom is -0.494 e. The molecule has 32 heavy (non-hydrogen) atoms. The van der Waals surface area contributed by atoms with Gasteiger partial charge in [-0.15, -0.1) is 0 Å². The van der Waals surface area contributed by atoms with Crippen LogP contribution in [-0.2, 0) is 19.6 Å². The lowest BCUT2D eigenvalue weighted by Gasteiger charge is -2.30. The molecule has 8 nitrogen and oxygen atoms in total. The van der Waals surface area contributed by atoms with Crippen molar-refractivity contribution in [3.8, 4) is 5.75 Å². The third-order valence-electron chi connectivity index (χ3n) is 5.36. The number of rotatable bonds is 8. The van der Waals surface area contributed by atoms with E-state index in [-0.39, 0.29) is 42.3 Å². The molecule has 1 heterocycles. The molecule has 0 aromatic heterocycles. The quantitative estimate of drug-likeness (QED) is 0.631. The number of hydrogen-bond acceptors (Lipinski definition) is 5. The van der Waals surface area contributed by atoms with E-state index in [0.29, 0.717) is 25.1 Å². The second kappa shape index (κ2) is 10.6. The van der Waals surface area contributed by atoms with E-state index >= 15 is 0 Å². The largest absolute Gasteiger partial charge is 0.494 e. The highest BCUT2D eigenvalue weighted by Gasteiger charge is 2.32. The lowest BCUT2D eigenvalue weighted by molar-refractivity contribution is -0.128. The van der Waals surface area contributed by atoms with Gasteiger partial charge in [-0.2, -0.15) is 4.31 Å². The number of nitrogens with one attached hydrogen (secondary N) is 2. The minimum atomic E-state index is -3.57. The molecule has 0 unspecified atom stereocenters. The maximum atomic E-state index is 12.8. The zero-order valence-electron chi connectivity index (χ0n) is 18.3. The van der Waals surface area contributed by atoms with Crippen molar-refractivity contribution in [3.05, 3.63) is 54.1 Å². The molecule has 1 aliphatic heterocycles. The fourth-order valence-corrected chi connectivity index (χ4v) is 5.01. The Hall–Kier alpha value is -2.91. The molecular formula is C23H29N3O5S. The van der Waals surface area contributed by atoms with Crippen molar-refractivity contribution >= 4 is 27.5 Å². The van der Waals surface area contributed by atoms with Crippen LogP contribution >= 0.6 is 0 Å². The molecule has 0 aliphatic carbocycles. The van der Waals surface area contributed by atoms with E-state index in [0.717, 1.165) is 11.3 Å². The van der Waals surface area contributed by atoms with Crippen LogP contribution in [0.4, 0.5) is 5.69 Å². The molecule has 2 N–H and O–H groups in total. The average molecular weight is 460 g/mol. The molecule has 3 rings (SSSR count). The molecule has 0 radical (unpaired) electrons. The van der Waals surface area contributed by atoms with Gasteiger partial charge in [-0.3, -0.25) is 9.59 Å². The van der Waals surface area contributed by atoms with E-state index in [9.17, 15) is 18.0 Å². The molecule has 0 saturated carbocycles. The van der Waals surface area contributed by atoms with E-state index in [1.807, 2.05) is 13.8 Å². The van der Waals surface area contributed by atoms with Crippen molar-refractivity contribution in [2.45, 2.75) is 31.6 Å². The molecule has 2 aromatic carbocycles. The van der Waals surface area contributed by atoms with Crippen LogP contribution in [0, 0.1) is 12.8 Å². The van der Waals surface area contributed by atoms with Crippen LogP contribution in [0.25, 0.3) is 0 Å². The van der Waals surface area contributed by atoms with E-state index in [2.05, 4.69) is 10.6 Å². The number of hydrogen-bond donors (Lipinski definition) is 2. The van der Waals surface area contributed by atoms with Gasteiger partial charge in [0.05, 0.1) is 18.0 Å². The Balaban J connectivity index is 1.45. The lowest BCUT2D eigenvalue weighted by atomic mass is 9.97. The summed E-state index contributed by atoms with van der Waals surface area (Å²) in [6.07, 6.45) is 0.828. The minimum absolute atomic E-state index is 0.145. The Kier molecular flexibility index (Phi) is 7.87. The van der Waals surface area contributed by atoms with E-state index in [4.69, 9.17) is 4.74 Å². The van der Waals surface area contributed by atoms with Crippen LogP contribution in [0.1, 0.15) is 25.3 Å². The monoisotopic (exact) mass is 459 g/mol. The van der Waals surface area contributed by atoms with E-state index < -0.39 is 10.0 Å². The van der Waals surface area contributed by atoms with Gasteiger partial charge in [-0.25, -0.2) is 8.42 Å².